The first-order chi connectivity index (χ1) is 14.7. The van der Waals surface area contributed by atoms with Gasteiger partial charge >= 0.3 is 0 Å². The minimum atomic E-state index is -0.0623. The van der Waals surface area contributed by atoms with Gasteiger partial charge in [0, 0.05) is 54.7 Å². The summed E-state index contributed by atoms with van der Waals surface area (Å²) in [7, 11) is 0. The summed E-state index contributed by atoms with van der Waals surface area (Å²) >= 11 is 3.70. The van der Waals surface area contributed by atoms with E-state index in [-0.39, 0.29) is 12.2 Å². The smallest absolute Gasteiger partial charge is 0.0967 e. The zero-order chi connectivity index (χ0) is 20.6. The molecule has 0 bridgehead atoms. The highest BCUT2D eigenvalue weighted by Gasteiger charge is 2.42. The molecule has 0 unspecified atom stereocenters. The van der Waals surface area contributed by atoms with Crippen molar-refractivity contribution in [2.24, 2.45) is 0 Å². The Labute approximate surface area is 186 Å². The molecule has 2 aromatic heterocycles. The number of likely N-dealkylation sites (tertiary alicyclic amines) is 1. The molecule has 2 saturated heterocycles. The van der Waals surface area contributed by atoms with Gasteiger partial charge < -0.3 is 9.84 Å². The van der Waals surface area contributed by atoms with E-state index < -0.39 is 0 Å². The molecule has 2 aromatic rings. The number of piperidine rings is 1. The van der Waals surface area contributed by atoms with Crippen LogP contribution in [0.2, 0.25) is 0 Å². The van der Waals surface area contributed by atoms with Crippen LogP contribution in [0.5, 0.6) is 0 Å². The number of ether oxygens (including phenoxy) is 1. The SMILES string of the molecule is CCc1cc2c(s1)CCOC21CCN(Cc2cn(C3CN(SCCO)C3)nn2)CC1. The van der Waals surface area contributed by atoms with Gasteiger partial charge in [0.05, 0.1) is 36.7 Å². The lowest BCUT2D eigenvalue weighted by Crippen LogP contribution is -2.46. The second-order valence-electron chi connectivity index (χ2n) is 8.52. The zero-order valence-corrected chi connectivity index (χ0v) is 19.3. The quantitative estimate of drug-likeness (QED) is 0.652. The minimum absolute atomic E-state index is 0.0623. The normalized spacial score (nSPS) is 22.3. The fraction of sp³-hybridized carbons (Fsp3) is 0.714. The van der Waals surface area contributed by atoms with Crippen molar-refractivity contribution in [2.45, 2.75) is 50.8 Å². The summed E-state index contributed by atoms with van der Waals surface area (Å²) in [6.45, 7) is 8.23. The Bertz CT molecular complexity index is 855. The van der Waals surface area contributed by atoms with Gasteiger partial charge in [0.2, 0.25) is 0 Å². The number of fused-ring (bicyclic) bond motifs is 2. The van der Waals surface area contributed by atoms with Crippen LogP contribution in [0.15, 0.2) is 12.3 Å². The first kappa shape index (κ1) is 20.9. The van der Waals surface area contributed by atoms with Crippen molar-refractivity contribution in [1.82, 2.24) is 24.2 Å². The molecule has 3 aliphatic heterocycles. The Morgan fingerprint density at radius 2 is 2.17 bits per heavy atom. The number of rotatable bonds is 7. The molecule has 1 spiro atoms. The number of aliphatic hydroxyl groups is 1. The molecule has 9 heteroatoms. The molecule has 1 N–H and O–H groups in total. The molecule has 0 aliphatic carbocycles. The fourth-order valence-electron chi connectivity index (χ4n) is 4.79. The van der Waals surface area contributed by atoms with Crippen LogP contribution in [0.1, 0.15) is 46.8 Å². The van der Waals surface area contributed by atoms with Crippen LogP contribution in [-0.4, -0.2) is 74.5 Å². The van der Waals surface area contributed by atoms with E-state index in [1.54, 1.807) is 16.8 Å². The van der Waals surface area contributed by atoms with E-state index in [4.69, 9.17) is 9.84 Å². The predicted octanol–water partition coefficient (Wildman–Crippen LogP) is 2.46. The molecule has 0 amide bonds. The molecule has 30 heavy (non-hydrogen) atoms. The van der Waals surface area contributed by atoms with Crippen molar-refractivity contribution in [3.05, 3.63) is 33.3 Å². The lowest BCUT2D eigenvalue weighted by molar-refractivity contribution is -0.0982. The van der Waals surface area contributed by atoms with Crippen molar-refractivity contribution in [1.29, 1.82) is 0 Å². The van der Waals surface area contributed by atoms with Gasteiger partial charge in [-0.1, -0.05) is 24.1 Å². The third-order valence-electron chi connectivity index (χ3n) is 6.58. The summed E-state index contributed by atoms with van der Waals surface area (Å²) in [6, 6.07) is 2.82. The molecular weight excluding hydrogens is 418 g/mol. The van der Waals surface area contributed by atoms with Gasteiger partial charge in [0.1, 0.15) is 0 Å². The van der Waals surface area contributed by atoms with Gasteiger partial charge in [-0.05, 0) is 30.9 Å². The van der Waals surface area contributed by atoms with Crippen molar-refractivity contribution >= 4 is 23.3 Å². The number of hydrogen-bond donors (Lipinski definition) is 1. The molecule has 7 nitrogen and oxygen atoms in total. The Morgan fingerprint density at radius 3 is 2.93 bits per heavy atom. The number of thiophene rings is 1. The largest absolute Gasteiger partial charge is 0.395 e. The van der Waals surface area contributed by atoms with Crippen molar-refractivity contribution < 1.29 is 9.84 Å². The summed E-state index contributed by atoms with van der Waals surface area (Å²) in [5.74, 6) is 0.766. The first-order valence-electron chi connectivity index (χ1n) is 11.1. The number of hydrogen-bond acceptors (Lipinski definition) is 8. The third-order valence-corrected chi connectivity index (χ3v) is 8.95. The summed E-state index contributed by atoms with van der Waals surface area (Å²) in [5.41, 5.74) is 2.48. The lowest BCUT2D eigenvalue weighted by Gasteiger charge is -2.44. The van der Waals surface area contributed by atoms with Crippen LogP contribution >= 0.6 is 23.3 Å². The monoisotopic (exact) mass is 449 g/mol. The molecule has 164 valence electrons. The topological polar surface area (TPSA) is 66.7 Å². The van der Waals surface area contributed by atoms with Gasteiger partial charge in [-0.15, -0.1) is 16.4 Å². The molecule has 3 aliphatic rings. The van der Waals surface area contributed by atoms with Crippen LogP contribution in [0.25, 0.3) is 0 Å². The Kier molecular flexibility index (Phi) is 6.19. The third kappa shape index (κ3) is 4.08. The van der Waals surface area contributed by atoms with Gasteiger partial charge in [-0.2, -0.15) is 0 Å². The van der Waals surface area contributed by atoms with Crippen molar-refractivity contribution in [3.63, 3.8) is 0 Å². The predicted molar refractivity (Wildman–Crippen MR) is 120 cm³/mol. The van der Waals surface area contributed by atoms with Gasteiger partial charge in [0.25, 0.3) is 0 Å². The highest BCUT2D eigenvalue weighted by molar-refractivity contribution is 7.97. The van der Waals surface area contributed by atoms with Crippen molar-refractivity contribution in [2.75, 3.05) is 45.1 Å². The first-order valence-corrected chi connectivity index (χ1v) is 12.8. The zero-order valence-electron chi connectivity index (χ0n) is 17.6. The van der Waals surface area contributed by atoms with Crippen molar-refractivity contribution in [3.8, 4) is 0 Å². The molecular formula is C21H31N5O2S2. The molecule has 0 aromatic carbocycles. The summed E-state index contributed by atoms with van der Waals surface area (Å²) in [6.07, 6.45) is 6.44. The molecule has 0 saturated carbocycles. The van der Waals surface area contributed by atoms with E-state index in [0.29, 0.717) is 6.04 Å². The number of nitrogens with zero attached hydrogens (tertiary/aromatic N) is 5. The molecule has 5 heterocycles. The lowest BCUT2D eigenvalue weighted by atomic mass is 9.82. The summed E-state index contributed by atoms with van der Waals surface area (Å²) in [5, 5.41) is 17.7. The fourth-order valence-corrected chi connectivity index (χ4v) is 6.86. The van der Waals surface area contributed by atoms with E-state index in [1.165, 1.54) is 10.4 Å². The highest BCUT2D eigenvalue weighted by Crippen LogP contribution is 2.44. The maximum atomic E-state index is 8.93. The van der Waals surface area contributed by atoms with Crippen LogP contribution in [0, 0.1) is 0 Å². The van der Waals surface area contributed by atoms with Crippen LogP contribution in [0.3, 0.4) is 0 Å². The number of aryl methyl sites for hydroxylation is 1. The maximum absolute atomic E-state index is 8.93. The molecule has 2 fully saturated rings. The maximum Gasteiger partial charge on any atom is 0.0967 e. The average Bonchev–Trinajstić information content (AvgIpc) is 3.36. The van der Waals surface area contributed by atoms with E-state index in [1.807, 2.05) is 16.0 Å². The van der Waals surface area contributed by atoms with E-state index in [2.05, 4.69) is 38.7 Å². The summed E-state index contributed by atoms with van der Waals surface area (Å²) < 4.78 is 10.7. The van der Waals surface area contributed by atoms with Crippen LogP contribution < -0.4 is 0 Å². The van der Waals surface area contributed by atoms with E-state index >= 15 is 0 Å². The summed E-state index contributed by atoms with van der Waals surface area (Å²) in [4.78, 5) is 5.54. The Balaban J connectivity index is 1.15. The molecule has 5 rings (SSSR count). The van der Waals surface area contributed by atoms with Gasteiger partial charge in [-0.3, -0.25) is 4.90 Å². The Morgan fingerprint density at radius 1 is 1.33 bits per heavy atom. The van der Waals surface area contributed by atoms with Gasteiger partial charge in [0.15, 0.2) is 0 Å². The van der Waals surface area contributed by atoms with Crippen LogP contribution in [-0.2, 0) is 29.7 Å². The van der Waals surface area contributed by atoms with E-state index in [0.717, 1.165) is 76.5 Å². The second-order valence-corrected chi connectivity index (χ2v) is 10.9. The molecule has 0 radical (unpaired) electrons. The average molecular weight is 450 g/mol. The highest BCUT2D eigenvalue weighted by atomic mass is 32.2. The molecule has 0 atom stereocenters. The second kappa shape index (κ2) is 8.88. The number of aromatic nitrogens is 3. The van der Waals surface area contributed by atoms with Gasteiger partial charge in [-0.25, -0.2) is 8.99 Å². The minimum Gasteiger partial charge on any atom is -0.395 e. The Hall–Kier alpha value is -0.970. The van der Waals surface area contributed by atoms with E-state index in [9.17, 15) is 0 Å². The standard InChI is InChI=1S/C21H31N5O2S2/c1-2-18-11-19-20(30-18)3-9-28-21(19)4-6-24(7-5-21)12-16-13-26(23-22-16)17-14-25(15-17)29-10-8-27/h11,13,17,27H,2-10,12,14-15H2,1H3. The number of aliphatic hydroxyl groups excluding tert-OH is 1. The van der Waals surface area contributed by atoms with Crippen LogP contribution in [0.4, 0.5) is 0 Å².